The highest BCUT2D eigenvalue weighted by Gasteiger charge is 2.68. The molecule has 0 amide bonds. The molecule has 1 fully saturated rings. The van der Waals surface area contributed by atoms with Gasteiger partial charge in [-0.1, -0.05) is 24.1 Å². The Morgan fingerprint density at radius 1 is 1.07 bits per heavy atom. The summed E-state index contributed by atoms with van der Waals surface area (Å²) in [4.78, 5) is 18.8. The van der Waals surface area contributed by atoms with Gasteiger partial charge in [0.15, 0.2) is 21.3 Å². The van der Waals surface area contributed by atoms with Crippen molar-refractivity contribution < 1.29 is 49.1 Å². The fourth-order valence-electron chi connectivity index (χ4n) is 8.08. The number of aliphatic hydroxyl groups is 1. The standard InChI is InChI=1S/C41H34F7N7O4S/c1-39(2,57)10-9-25-7-8-28(29-5-4-6-30-33(52-54(3)36(29)30)20-60(58,59)27-17-49-50-18-27)35(51-25)22(11-21-12-23(42)15-24(43)13-21)14-26(56)19-55-38-34(37(53-55)41(46,47)48)31-16-32(31)40(38,44)45/h4-8,12-13,15,17-18,22,31-32,57H,11,14,16,19-20H2,1-3H3,(H,49,50)/t22-,31+,32-/m1/s1. The van der Waals surface area contributed by atoms with Crippen LogP contribution in [0.15, 0.2) is 65.8 Å². The Morgan fingerprint density at radius 2 is 1.80 bits per heavy atom. The van der Waals surface area contributed by atoms with Gasteiger partial charge in [-0.2, -0.15) is 37.2 Å². The summed E-state index contributed by atoms with van der Waals surface area (Å²) in [5.74, 6) is -4.91. The van der Waals surface area contributed by atoms with Crippen LogP contribution in [-0.2, 0) is 52.5 Å². The number of nitrogens with zero attached hydrogens (tertiary/aromatic N) is 6. The van der Waals surface area contributed by atoms with Crippen molar-refractivity contribution in [3.63, 3.8) is 0 Å². The average Bonchev–Trinajstić information content (AvgIpc) is 3.40. The van der Waals surface area contributed by atoms with Gasteiger partial charge < -0.3 is 5.11 Å². The number of sulfone groups is 1. The molecular weight excluding hydrogens is 820 g/mol. The number of aryl methyl sites for hydroxylation is 1. The van der Waals surface area contributed by atoms with Gasteiger partial charge in [-0.15, -0.1) is 0 Å². The molecule has 6 aromatic rings. The number of pyridine rings is 1. The van der Waals surface area contributed by atoms with Gasteiger partial charge in [0.25, 0.3) is 5.92 Å². The number of para-hydroxylation sites is 1. The summed E-state index contributed by atoms with van der Waals surface area (Å²) >= 11 is 0. The predicted molar refractivity (Wildman–Crippen MR) is 201 cm³/mol. The summed E-state index contributed by atoms with van der Waals surface area (Å²) in [5, 5.41) is 25.0. The van der Waals surface area contributed by atoms with E-state index in [1.54, 1.807) is 31.3 Å². The lowest BCUT2D eigenvalue weighted by Crippen LogP contribution is -2.24. The van der Waals surface area contributed by atoms with E-state index in [-0.39, 0.29) is 40.4 Å². The number of fused-ring (bicyclic) bond motifs is 4. The number of rotatable bonds is 11. The molecule has 0 spiro atoms. The monoisotopic (exact) mass is 853 g/mol. The van der Waals surface area contributed by atoms with E-state index < -0.39 is 98.4 Å². The molecule has 0 unspecified atom stereocenters. The zero-order chi connectivity index (χ0) is 43.1. The largest absolute Gasteiger partial charge is 0.435 e. The minimum Gasteiger partial charge on any atom is -0.378 e. The van der Waals surface area contributed by atoms with E-state index >= 15 is 8.78 Å². The van der Waals surface area contributed by atoms with E-state index in [0.29, 0.717) is 32.8 Å². The van der Waals surface area contributed by atoms with Crippen LogP contribution in [-0.4, -0.2) is 59.7 Å². The van der Waals surface area contributed by atoms with Crippen LogP contribution in [0.25, 0.3) is 22.0 Å². The molecule has 0 bridgehead atoms. The number of Topliss-reactive ketones (excluding diaryl/α,β-unsaturated/α-hetero) is 1. The normalized spacial score (nSPS) is 17.6. The first-order valence-electron chi connectivity index (χ1n) is 18.6. The summed E-state index contributed by atoms with van der Waals surface area (Å²) in [6, 6.07) is 10.8. The number of hydrogen-bond donors (Lipinski definition) is 2. The SMILES string of the molecule is Cn1nc(CS(=O)(=O)c2cn[nH]c2)c2cccc(-c3ccc(C#CC(C)(C)O)nc3[C@@H](CC(=O)Cn3nc(C(F)(F)F)c4c3C(F)(F)[C@@H]3C[C@H]43)Cc3cc(F)cc(F)c3)c21. The van der Waals surface area contributed by atoms with E-state index in [9.17, 15) is 40.3 Å². The van der Waals surface area contributed by atoms with E-state index in [1.165, 1.54) is 37.0 Å². The van der Waals surface area contributed by atoms with Gasteiger partial charge in [-0.25, -0.2) is 22.2 Å². The summed E-state index contributed by atoms with van der Waals surface area (Å²) in [6.45, 7) is 1.90. The van der Waals surface area contributed by atoms with Gasteiger partial charge in [0.05, 0.1) is 28.9 Å². The Balaban J connectivity index is 1.26. The van der Waals surface area contributed by atoms with Crippen molar-refractivity contribution in [3.05, 3.63) is 112 Å². The second kappa shape index (κ2) is 14.4. The van der Waals surface area contributed by atoms with E-state index in [1.807, 2.05) is 0 Å². The maximum absolute atomic E-state index is 15.4. The Labute approximate surface area is 337 Å². The third-order valence-electron chi connectivity index (χ3n) is 10.6. The van der Waals surface area contributed by atoms with Crippen LogP contribution < -0.4 is 0 Å². The first-order chi connectivity index (χ1) is 28.1. The zero-order valence-electron chi connectivity index (χ0n) is 32.0. The minimum atomic E-state index is -5.06. The molecule has 19 heteroatoms. The average molecular weight is 854 g/mol. The molecule has 0 radical (unpaired) electrons. The first kappa shape index (κ1) is 40.9. The number of carbonyl (C=O) groups is 1. The maximum atomic E-state index is 15.4. The van der Waals surface area contributed by atoms with Crippen LogP contribution in [0.4, 0.5) is 30.7 Å². The van der Waals surface area contributed by atoms with Crippen molar-refractivity contribution in [3.8, 4) is 23.0 Å². The molecule has 1 saturated carbocycles. The van der Waals surface area contributed by atoms with Crippen LogP contribution in [0.5, 0.6) is 0 Å². The molecule has 2 aliphatic carbocycles. The van der Waals surface area contributed by atoms with Crippen molar-refractivity contribution in [1.29, 1.82) is 0 Å². The number of aromatic nitrogens is 7. The molecule has 60 heavy (non-hydrogen) atoms. The van der Waals surface area contributed by atoms with E-state index in [2.05, 4.69) is 32.2 Å². The number of nitrogens with one attached hydrogen (secondary N) is 1. The van der Waals surface area contributed by atoms with E-state index in [0.717, 1.165) is 12.1 Å². The highest BCUT2D eigenvalue weighted by Crippen LogP contribution is 2.68. The second-order valence-electron chi connectivity index (χ2n) is 15.7. The van der Waals surface area contributed by atoms with Gasteiger partial charge in [0.2, 0.25) is 0 Å². The van der Waals surface area contributed by atoms with Crippen molar-refractivity contribution in [1.82, 2.24) is 34.7 Å². The smallest absolute Gasteiger partial charge is 0.378 e. The van der Waals surface area contributed by atoms with Crippen molar-refractivity contribution in [2.45, 2.75) is 79.8 Å². The van der Waals surface area contributed by atoms with Crippen molar-refractivity contribution in [2.24, 2.45) is 13.0 Å². The lowest BCUT2D eigenvalue weighted by atomic mass is 9.86. The molecule has 0 aliphatic heterocycles. The number of alkyl halides is 5. The highest BCUT2D eigenvalue weighted by atomic mass is 32.2. The number of H-pyrrole nitrogens is 1. The number of benzene rings is 2. The van der Waals surface area contributed by atoms with Crippen LogP contribution in [0.1, 0.15) is 78.1 Å². The number of carbonyl (C=O) groups excluding carboxylic acids is 1. The Morgan fingerprint density at radius 3 is 2.47 bits per heavy atom. The van der Waals surface area contributed by atoms with Gasteiger partial charge in [-0.3, -0.25) is 19.3 Å². The fraction of sp³-hybridized carbons (Fsp3) is 0.341. The summed E-state index contributed by atoms with van der Waals surface area (Å²) < 4.78 is 131. The Bertz CT molecular complexity index is 2850. The first-order valence-corrected chi connectivity index (χ1v) is 20.2. The molecule has 0 saturated heterocycles. The molecule has 312 valence electrons. The van der Waals surface area contributed by atoms with Gasteiger partial charge in [0, 0.05) is 59.6 Å². The van der Waals surface area contributed by atoms with Gasteiger partial charge in [-0.05, 0) is 68.4 Å². The lowest BCUT2D eigenvalue weighted by Gasteiger charge is -2.21. The number of hydrogen-bond acceptors (Lipinski definition) is 8. The molecule has 11 nitrogen and oxygen atoms in total. The van der Waals surface area contributed by atoms with Crippen LogP contribution in [0.3, 0.4) is 0 Å². The third kappa shape index (κ3) is 7.69. The molecule has 3 atom stereocenters. The van der Waals surface area contributed by atoms with Gasteiger partial charge in [0.1, 0.15) is 40.1 Å². The molecule has 4 heterocycles. The van der Waals surface area contributed by atoms with Crippen LogP contribution in [0, 0.1) is 29.4 Å². The molecule has 2 aliphatic rings. The zero-order valence-corrected chi connectivity index (χ0v) is 32.8. The molecule has 4 aromatic heterocycles. The summed E-state index contributed by atoms with van der Waals surface area (Å²) in [7, 11) is -2.32. The fourth-order valence-corrected chi connectivity index (χ4v) is 9.27. The van der Waals surface area contributed by atoms with Crippen molar-refractivity contribution >= 4 is 26.5 Å². The number of aromatic amines is 1. The lowest BCUT2D eigenvalue weighted by molar-refractivity contribution is -0.142. The highest BCUT2D eigenvalue weighted by molar-refractivity contribution is 7.90. The van der Waals surface area contributed by atoms with E-state index in [4.69, 9.17) is 4.98 Å². The maximum Gasteiger partial charge on any atom is 0.435 e. The molecular formula is C41H34F7N7O4S. The minimum absolute atomic E-state index is 0.0526. The van der Waals surface area contributed by atoms with Crippen LogP contribution >= 0.6 is 0 Å². The summed E-state index contributed by atoms with van der Waals surface area (Å²) in [5.41, 5.74) is -2.82. The topological polar surface area (TPSA) is 149 Å². The predicted octanol–water partition coefficient (Wildman–Crippen LogP) is 7.14. The molecule has 2 N–H and O–H groups in total. The van der Waals surface area contributed by atoms with Crippen LogP contribution in [0.2, 0.25) is 0 Å². The summed E-state index contributed by atoms with van der Waals surface area (Å²) in [6.07, 6.45) is -3.65. The molecule has 2 aromatic carbocycles. The second-order valence-corrected chi connectivity index (χ2v) is 17.7. The number of ketones is 1. The Hall–Kier alpha value is -5.87. The third-order valence-corrected chi connectivity index (χ3v) is 12.2. The Kier molecular flexibility index (Phi) is 9.81. The van der Waals surface area contributed by atoms with Gasteiger partial charge >= 0.3 is 6.18 Å². The molecule has 8 rings (SSSR count). The quantitative estimate of drug-likeness (QED) is 0.103. The van der Waals surface area contributed by atoms with Crippen molar-refractivity contribution in [2.75, 3.05) is 0 Å². The number of halogens is 7.